The highest BCUT2D eigenvalue weighted by atomic mass is 16.2. The minimum absolute atomic E-state index is 0.138. The third kappa shape index (κ3) is 4.19. The van der Waals surface area contributed by atoms with Gasteiger partial charge in [0.15, 0.2) is 5.69 Å². The number of rotatable bonds is 6. The molecule has 1 unspecified atom stereocenters. The lowest BCUT2D eigenvalue weighted by Gasteiger charge is -2.15. The standard InChI is InChI=1S/C14H24N4O/c1-6-10(5)17-14(19)12-11(15-7-2)8-16-13(18-12)9(3)4/h8-10,15H,6-7H2,1-5H3,(H,17,19). The molecule has 0 fully saturated rings. The van der Waals surface area contributed by atoms with E-state index in [0.29, 0.717) is 17.2 Å². The summed E-state index contributed by atoms with van der Waals surface area (Å²) in [6, 6.07) is 0.138. The molecule has 1 aromatic rings. The van der Waals surface area contributed by atoms with Crippen molar-refractivity contribution in [1.82, 2.24) is 15.3 Å². The van der Waals surface area contributed by atoms with E-state index >= 15 is 0 Å². The van der Waals surface area contributed by atoms with E-state index in [1.54, 1.807) is 6.20 Å². The fourth-order valence-corrected chi connectivity index (χ4v) is 1.56. The van der Waals surface area contributed by atoms with Crippen molar-refractivity contribution < 1.29 is 4.79 Å². The molecule has 1 atom stereocenters. The molecule has 1 aromatic heterocycles. The van der Waals surface area contributed by atoms with E-state index in [2.05, 4.69) is 20.6 Å². The number of hydrogen-bond donors (Lipinski definition) is 2. The van der Waals surface area contributed by atoms with Gasteiger partial charge in [0.2, 0.25) is 0 Å². The molecule has 2 N–H and O–H groups in total. The number of nitrogens with one attached hydrogen (secondary N) is 2. The Morgan fingerprint density at radius 3 is 2.53 bits per heavy atom. The van der Waals surface area contributed by atoms with E-state index in [0.717, 1.165) is 13.0 Å². The molecule has 0 spiro atoms. The Kier molecular flexibility index (Phi) is 5.73. The second-order valence-corrected chi connectivity index (χ2v) is 4.96. The van der Waals surface area contributed by atoms with Gasteiger partial charge in [-0.2, -0.15) is 0 Å². The predicted molar refractivity (Wildman–Crippen MR) is 77.5 cm³/mol. The lowest BCUT2D eigenvalue weighted by Crippen LogP contribution is -2.33. The van der Waals surface area contributed by atoms with Gasteiger partial charge in [-0.25, -0.2) is 9.97 Å². The van der Waals surface area contributed by atoms with E-state index in [4.69, 9.17) is 0 Å². The lowest BCUT2D eigenvalue weighted by molar-refractivity contribution is 0.0934. The predicted octanol–water partition coefficient (Wildman–Crippen LogP) is 2.56. The topological polar surface area (TPSA) is 66.9 Å². The fraction of sp³-hybridized carbons (Fsp3) is 0.643. The molecular weight excluding hydrogens is 240 g/mol. The van der Waals surface area contributed by atoms with Gasteiger partial charge in [0.05, 0.1) is 11.9 Å². The largest absolute Gasteiger partial charge is 0.382 e. The number of carbonyl (C=O) groups is 1. The first kappa shape index (κ1) is 15.4. The van der Waals surface area contributed by atoms with E-state index in [-0.39, 0.29) is 17.9 Å². The molecule has 1 amide bonds. The Bertz CT molecular complexity index is 431. The van der Waals surface area contributed by atoms with Gasteiger partial charge in [-0.1, -0.05) is 20.8 Å². The van der Waals surface area contributed by atoms with Crippen molar-refractivity contribution in [2.24, 2.45) is 0 Å². The molecule has 0 radical (unpaired) electrons. The summed E-state index contributed by atoms with van der Waals surface area (Å²) in [4.78, 5) is 20.9. The van der Waals surface area contributed by atoms with Gasteiger partial charge in [-0.15, -0.1) is 0 Å². The molecule has 0 saturated heterocycles. The number of carbonyl (C=O) groups excluding carboxylic acids is 1. The lowest BCUT2D eigenvalue weighted by atomic mass is 10.2. The number of amides is 1. The number of hydrogen-bond acceptors (Lipinski definition) is 4. The van der Waals surface area contributed by atoms with E-state index in [9.17, 15) is 4.79 Å². The second-order valence-electron chi connectivity index (χ2n) is 4.96. The van der Waals surface area contributed by atoms with Crippen LogP contribution in [0.3, 0.4) is 0 Å². The van der Waals surface area contributed by atoms with Gasteiger partial charge in [0.1, 0.15) is 5.82 Å². The van der Waals surface area contributed by atoms with Crippen LogP contribution in [0.4, 0.5) is 5.69 Å². The van der Waals surface area contributed by atoms with E-state index in [1.165, 1.54) is 0 Å². The average Bonchev–Trinajstić information content (AvgIpc) is 2.38. The zero-order valence-electron chi connectivity index (χ0n) is 12.4. The third-order valence-corrected chi connectivity index (χ3v) is 2.90. The van der Waals surface area contributed by atoms with Crippen molar-refractivity contribution in [3.63, 3.8) is 0 Å². The minimum atomic E-state index is -0.144. The van der Waals surface area contributed by atoms with Crippen molar-refractivity contribution >= 4 is 11.6 Å². The van der Waals surface area contributed by atoms with Crippen LogP contribution in [0.5, 0.6) is 0 Å². The molecule has 0 aromatic carbocycles. The summed E-state index contributed by atoms with van der Waals surface area (Å²) in [6.45, 7) is 10.8. The van der Waals surface area contributed by atoms with E-state index < -0.39 is 0 Å². The number of aromatic nitrogens is 2. The van der Waals surface area contributed by atoms with Crippen molar-refractivity contribution in [3.05, 3.63) is 17.7 Å². The SMILES string of the molecule is CCNc1cnc(C(C)C)nc1C(=O)NC(C)CC. The van der Waals surface area contributed by atoms with Crippen molar-refractivity contribution in [2.45, 2.75) is 53.0 Å². The van der Waals surface area contributed by atoms with Crippen LogP contribution in [0.15, 0.2) is 6.20 Å². The van der Waals surface area contributed by atoms with Crippen LogP contribution >= 0.6 is 0 Å². The Morgan fingerprint density at radius 1 is 1.32 bits per heavy atom. The molecule has 0 aliphatic heterocycles. The molecule has 0 bridgehead atoms. The van der Waals surface area contributed by atoms with Gasteiger partial charge >= 0.3 is 0 Å². The maximum atomic E-state index is 12.2. The van der Waals surface area contributed by atoms with Crippen LogP contribution in [0.25, 0.3) is 0 Å². The zero-order valence-corrected chi connectivity index (χ0v) is 12.4. The van der Waals surface area contributed by atoms with Crippen LogP contribution in [0.2, 0.25) is 0 Å². The van der Waals surface area contributed by atoms with Crippen LogP contribution in [-0.2, 0) is 0 Å². The molecule has 0 aliphatic carbocycles. The van der Waals surface area contributed by atoms with Gasteiger partial charge in [0.25, 0.3) is 5.91 Å². The molecule has 1 rings (SSSR count). The Labute approximate surface area is 115 Å². The molecule has 5 heteroatoms. The average molecular weight is 264 g/mol. The maximum Gasteiger partial charge on any atom is 0.272 e. The highest BCUT2D eigenvalue weighted by molar-refractivity contribution is 5.97. The first-order valence-corrected chi connectivity index (χ1v) is 6.91. The smallest absolute Gasteiger partial charge is 0.272 e. The van der Waals surface area contributed by atoms with Crippen LogP contribution in [0.1, 0.15) is 63.3 Å². The molecule has 19 heavy (non-hydrogen) atoms. The summed E-state index contributed by atoms with van der Waals surface area (Å²) < 4.78 is 0. The van der Waals surface area contributed by atoms with Crippen LogP contribution in [-0.4, -0.2) is 28.5 Å². The molecule has 106 valence electrons. The fourth-order valence-electron chi connectivity index (χ4n) is 1.56. The van der Waals surface area contributed by atoms with Gasteiger partial charge < -0.3 is 10.6 Å². The first-order chi connectivity index (χ1) is 8.99. The third-order valence-electron chi connectivity index (χ3n) is 2.90. The maximum absolute atomic E-state index is 12.2. The first-order valence-electron chi connectivity index (χ1n) is 6.91. The monoisotopic (exact) mass is 264 g/mol. The molecule has 1 heterocycles. The van der Waals surface area contributed by atoms with Gasteiger partial charge in [-0.05, 0) is 20.3 Å². The summed E-state index contributed by atoms with van der Waals surface area (Å²) >= 11 is 0. The Hall–Kier alpha value is -1.65. The zero-order chi connectivity index (χ0) is 14.4. The van der Waals surface area contributed by atoms with Crippen molar-refractivity contribution in [3.8, 4) is 0 Å². The van der Waals surface area contributed by atoms with Gasteiger partial charge in [-0.3, -0.25) is 4.79 Å². The summed E-state index contributed by atoms with van der Waals surface area (Å²) in [7, 11) is 0. The molecular formula is C14H24N4O. The van der Waals surface area contributed by atoms with Crippen LogP contribution < -0.4 is 10.6 Å². The molecule has 0 saturated carbocycles. The van der Waals surface area contributed by atoms with Crippen LogP contribution in [0, 0.1) is 0 Å². The quantitative estimate of drug-likeness (QED) is 0.828. The second kappa shape index (κ2) is 7.07. The van der Waals surface area contributed by atoms with E-state index in [1.807, 2.05) is 34.6 Å². The molecule has 5 nitrogen and oxygen atoms in total. The Balaban J connectivity index is 3.05. The van der Waals surface area contributed by atoms with Crippen molar-refractivity contribution in [2.75, 3.05) is 11.9 Å². The minimum Gasteiger partial charge on any atom is -0.382 e. The van der Waals surface area contributed by atoms with Crippen molar-refractivity contribution in [1.29, 1.82) is 0 Å². The highest BCUT2D eigenvalue weighted by Crippen LogP contribution is 2.16. The summed E-state index contributed by atoms with van der Waals surface area (Å²) in [5, 5.41) is 6.07. The highest BCUT2D eigenvalue weighted by Gasteiger charge is 2.17. The summed E-state index contributed by atoms with van der Waals surface area (Å²) in [6.07, 6.45) is 2.59. The molecule has 0 aliphatic rings. The normalized spacial score (nSPS) is 12.3. The summed E-state index contributed by atoms with van der Waals surface area (Å²) in [5.41, 5.74) is 1.12. The Morgan fingerprint density at radius 2 is 2.00 bits per heavy atom. The number of anilines is 1. The number of nitrogens with zero attached hydrogens (tertiary/aromatic N) is 2. The summed E-state index contributed by atoms with van der Waals surface area (Å²) in [5.74, 6) is 0.747. The van der Waals surface area contributed by atoms with Gasteiger partial charge in [0, 0.05) is 18.5 Å².